The second kappa shape index (κ2) is 18.2. The Morgan fingerprint density at radius 1 is 0.395 bits per heavy atom. The van der Waals surface area contributed by atoms with Crippen molar-refractivity contribution in [3.8, 4) is 74.1 Å². The molecule has 11 rings (SSSR count). The molecule has 0 atom stereocenters. The molecule has 13 heteroatoms. The van der Waals surface area contributed by atoms with Gasteiger partial charge in [0.05, 0.1) is 89.9 Å². The summed E-state index contributed by atoms with van der Waals surface area (Å²) in [6.07, 6.45) is -4.69. The molecule has 350 valence electrons. The molecule has 0 saturated carbocycles. The van der Waals surface area contributed by atoms with E-state index in [2.05, 4.69) is 36.4 Å². The Morgan fingerprint density at radius 3 is 1.39 bits per heavy atom. The predicted octanol–water partition coefficient (Wildman–Crippen LogP) is 17.9. The molecular weight excluding hydrogens is 954 g/mol. The van der Waals surface area contributed by atoms with Gasteiger partial charge in [-0.05, 0) is 107 Å². The summed E-state index contributed by atoms with van der Waals surface area (Å²) in [5.74, 6) is 0. The van der Waals surface area contributed by atoms with E-state index in [1.54, 1.807) is 24.3 Å². The highest BCUT2D eigenvalue weighted by molar-refractivity contribution is 6.13. The van der Waals surface area contributed by atoms with E-state index in [1.165, 1.54) is 30.3 Å². The highest BCUT2D eigenvalue weighted by Gasteiger charge is 2.31. The molecule has 0 amide bonds. The fraction of sp³-hybridized carbons (Fsp3) is 0.0159. The topological polar surface area (TPSA) is 103 Å². The molecule has 0 spiro atoms. The molecule has 0 unspecified atom stereocenters. The van der Waals surface area contributed by atoms with Crippen LogP contribution in [0.4, 0.5) is 41.6 Å². The average Bonchev–Trinajstić information content (AvgIpc) is 4.00. The van der Waals surface area contributed by atoms with Gasteiger partial charge in [0.2, 0.25) is 0 Å². The summed E-state index contributed by atoms with van der Waals surface area (Å²) < 4.78 is 46.3. The Balaban J connectivity index is 1.22. The molecule has 0 saturated heterocycles. The van der Waals surface area contributed by atoms with E-state index >= 15 is 0 Å². The number of hydrogen-bond acceptors (Lipinski definition) is 3. The molecule has 10 nitrogen and oxygen atoms in total. The Morgan fingerprint density at radius 2 is 0.882 bits per heavy atom. The first-order valence-electron chi connectivity index (χ1n) is 23.0. The second-order valence-corrected chi connectivity index (χ2v) is 17.5. The van der Waals surface area contributed by atoms with Gasteiger partial charge in [0, 0.05) is 55.0 Å². The summed E-state index contributed by atoms with van der Waals surface area (Å²) >= 11 is 0. The highest BCUT2D eigenvalue weighted by Crippen LogP contribution is 2.47. The van der Waals surface area contributed by atoms with Crippen LogP contribution in [0, 0.1) is 66.9 Å². The molecule has 0 aliphatic carbocycles. The number of rotatable bonds is 6. The van der Waals surface area contributed by atoms with Gasteiger partial charge in [-0.15, -0.1) is 0 Å². The number of alkyl halides is 3. The molecule has 9 aromatic carbocycles. The van der Waals surface area contributed by atoms with Crippen LogP contribution in [0.25, 0.3) is 124 Å². The maximum absolute atomic E-state index is 14.1. The van der Waals surface area contributed by atoms with E-state index in [-0.39, 0.29) is 45.0 Å². The van der Waals surface area contributed by atoms with Crippen molar-refractivity contribution in [3.63, 3.8) is 0 Å². The molecule has 0 N–H and O–H groups in total. The van der Waals surface area contributed by atoms with Gasteiger partial charge in [0.25, 0.3) is 0 Å². The van der Waals surface area contributed by atoms with Crippen molar-refractivity contribution in [1.29, 1.82) is 15.8 Å². The van der Waals surface area contributed by atoms with E-state index in [1.807, 2.05) is 112 Å². The zero-order chi connectivity index (χ0) is 53.0. The fourth-order valence-corrected chi connectivity index (χ4v) is 10.3. The number of fused-ring (bicyclic) bond motifs is 6. The molecule has 0 aliphatic rings. The quantitative estimate of drug-likeness (QED) is 0.155. The zero-order valence-corrected chi connectivity index (χ0v) is 39.2. The number of aromatic nitrogens is 2. The molecule has 11 aromatic rings. The monoisotopic (exact) mass is 980 g/mol. The standard InChI is InChI=1S/C63H27F3N10/c1-70-43-18-21-49(60(32-43)76-56-13-9-7-11-47(56)51-29-39(16-23-58(51)76)62-53(73-4)24-36(33-67)25-54(62)74-5)48-19-14-37(45-20-17-42(63(64,65)66)31-52(45)72-3)30-59(48)75-55-12-8-6-10-46(55)50-28-38(15-22-57(50)75)61-40(34-68)26-44(71-2)27-41(61)35-69/h6-32H. The summed E-state index contributed by atoms with van der Waals surface area (Å²) in [4.78, 5) is 18.3. The smallest absolute Gasteiger partial charge is 0.310 e. The minimum absolute atomic E-state index is 0.152. The van der Waals surface area contributed by atoms with Crippen molar-refractivity contribution >= 4 is 72.0 Å². The lowest BCUT2D eigenvalue weighted by Crippen LogP contribution is -2.04. The maximum Gasteiger partial charge on any atom is 0.415 e. The number of halogens is 3. The second-order valence-electron chi connectivity index (χ2n) is 17.5. The SMILES string of the molecule is [C-]#[N+]c1cc(C#N)c(-c2ccc3c(c2)c2ccccc2n3-c2cc(-c3ccc(C(F)(F)F)cc3[N+]#[C-])ccc2-c2ccc([N+]#[C-])cc2-n2c3ccccc3c3cc(-c4c([N+]#[C-])cc(C#N)cc4[N+]#[C-])ccc32)c(C#N)c1. The van der Waals surface area contributed by atoms with Gasteiger partial charge in [-0.3, -0.25) is 0 Å². The van der Waals surface area contributed by atoms with Crippen molar-refractivity contribution in [3.05, 3.63) is 243 Å². The van der Waals surface area contributed by atoms with Gasteiger partial charge in [0.1, 0.15) is 0 Å². The van der Waals surface area contributed by atoms with Crippen LogP contribution in [0.2, 0.25) is 0 Å². The zero-order valence-electron chi connectivity index (χ0n) is 39.2. The Bertz CT molecular complexity index is 4680. The van der Waals surface area contributed by atoms with Gasteiger partial charge in [-0.1, -0.05) is 84.9 Å². The van der Waals surface area contributed by atoms with E-state index in [0.29, 0.717) is 61.5 Å². The van der Waals surface area contributed by atoms with Crippen LogP contribution in [0.1, 0.15) is 22.3 Å². The summed E-state index contributed by atoms with van der Waals surface area (Å²) in [6, 6.07) is 52.7. The van der Waals surface area contributed by atoms with Crippen molar-refractivity contribution in [2.45, 2.75) is 6.18 Å². The lowest BCUT2D eigenvalue weighted by molar-refractivity contribution is -0.137. The molecular formula is C63H27F3N10. The molecule has 2 heterocycles. The normalized spacial score (nSPS) is 11.0. The minimum Gasteiger partial charge on any atom is -0.310 e. The molecule has 2 aromatic heterocycles. The van der Waals surface area contributed by atoms with Crippen LogP contribution in [0.15, 0.2) is 164 Å². The third-order valence-electron chi connectivity index (χ3n) is 13.5. The first-order valence-corrected chi connectivity index (χ1v) is 23.0. The summed E-state index contributed by atoms with van der Waals surface area (Å²) in [6.45, 7) is 39.8. The van der Waals surface area contributed by atoms with E-state index < -0.39 is 11.7 Å². The maximum atomic E-state index is 14.1. The number of para-hydroxylation sites is 2. The highest BCUT2D eigenvalue weighted by atomic mass is 19.4. The summed E-state index contributed by atoms with van der Waals surface area (Å²) in [5.41, 5.74) is 8.09. The van der Waals surface area contributed by atoms with Crippen molar-refractivity contribution in [1.82, 2.24) is 9.13 Å². The van der Waals surface area contributed by atoms with Gasteiger partial charge in [0.15, 0.2) is 28.4 Å². The van der Waals surface area contributed by atoms with Crippen LogP contribution >= 0.6 is 0 Å². The van der Waals surface area contributed by atoms with E-state index in [9.17, 15) is 29.0 Å². The van der Waals surface area contributed by atoms with Crippen molar-refractivity contribution in [2.75, 3.05) is 0 Å². The number of hydrogen-bond donors (Lipinski definition) is 0. The summed E-state index contributed by atoms with van der Waals surface area (Å²) in [7, 11) is 0. The van der Waals surface area contributed by atoms with Crippen LogP contribution in [0.3, 0.4) is 0 Å². The first kappa shape index (κ1) is 46.7. The van der Waals surface area contributed by atoms with Crippen LogP contribution in [0.5, 0.6) is 0 Å². The summed E-state index contributed by atoms with van der Waals surface area (Å²) in [5, 5.41) is 33.4. The molecule has 0 bridgehead atoms. The van der Waals surface area contributed by atoms with Crippen LogP contribution in [-0.4, -0.2) is 9.13 Å². The van der Waals surface area contributed by atoms with E-state index in [4.69, 9.17) is 32.9 Å². The number of nitrogens with zero attached hydrogens (tertiary/aromatic N) is 10. The third kappa shape index (κ3) is 7.44. The number of nitriles is 3. The van der Waals surface area contributed by atoms with Gasteiger partial charge < -0.3 is 9.13 Å². The largest absolute Gasteiger partial charge is 0.415 e. The average molecular weight is 981 g/mol. The minimum atomic E-state index is -4.69. The molecule has 0 radical (unpaired) electrons. The Labute approximate surface area is 431 Å². The number of benzene rings is 9. The molecule has 0 fully saturated rings. The molecule has 76 heavy (non-hydrogen) atoms. The lowest BCUT2D eigenvalue weighted by Gasteiger charge is -2.20. The van der Waals surface area contributed by atoms with Crippen LogP contribution < -0.4 is 0 Å². The van der Waals surface area contributed by atoms with Crippen molar-refractivity contribution < 1.29 is 13.2 Å². The van der Waals surface area contributed by atoms with Gasteiger partial charge >= 0.3 is 6.18 Å². The van der Waals surface area contributed by atoms with Crippen LogP contribution in [-0.2, 0) is 6.18 Å². The lowest BCUT2D eigenvalue weighted by atomic mass is 9.93. The Kier molecular flexibility index (Phi) is 11.1. The fourth-order valence-electron chi connectivity index (χ4n) is 10.3. The first-order chi connectivity index (χ1) is 36.9. The van der Waals surface area contributed by atoms with Gasteiger partial charge in [-0.2, -0.15) is 29.0 Å². The van der Waals surface area contributed by atoms with Crippen molar-refractivity contribution in [2.24, 2.45) is 0 Å². The molecule has 0 aliphatic heterocycles. The third-order valence-corrected chi connectivity index (χ3v) is 13.5. The Hall–Kier alpha value is -11.7. The predicted molar refractivity (Wildman–Crippen MR) is 287 cm³/mol. The van der Waals surface area contributed by atoms with Gasteiger partial charge in [-0.25, -0.2) is 24.2 Å². The van der Waals surface area contributed by atoms with E-state index in [0.717, 1.165) is 50.2 Å².